The second kappa shape index (κ2) is 7.76. The molecule has 27 heavy (non-hydrogen) atoms. The maximum Gasteiger partial charge on any atom is 0.320 e. The summed E-state index contributed by atoms with van der Waals surface area (Å²) in [5, 5.41) is 11.1. The zero-order chi connectivity index (χ0) is 18.9. The van der Waals surface area contributed by atoms with Crippen LogP contribution in [0.15, 0.2) is 18.2 Å². The number of aromatic nitrogens is 1. The topological polar surface area (TPSA) is 59.9 Å². The molecule has 0 spiro atoms. The quantitative estimate of drug-likeness (QED) is 0.881. The Kier molecular flexibility index (Phi) is 5.37. The van der Waals surface area contributed by atoms with Gasteiger partial charge in [0.2, 0.25) is 0 Å². The molecule has 0 radical (unpaired) electrons. The number of hydrogen-bond acceptors (Lipinski definition) is 4. The van der Waals surface area contributed by atoms with Gasteiger partial charge in [-0.1, -0.05) is 6.07 Å². The summed E-state index contributed by atoms with van der Waals surface area (Å²) >= 11 is 0. The Labute approximate surface area is 162 Å². The Morgan fingerprint density at radius 3 is 2.70 bits per heavy atom. The molecule has 4 rings (SSSR count). The number of likely N-dealkylation sites (tertiary alicyclic amines) is 3. The Balaban J connectivity index is 1.34. The predicted molar refractivity (Wildman–Crippen MR) is 105 cm³/mol. The highest BCUT2D eigenvalue weighted by Crippen LogP contribution is 2.36. The predicted octanol–water partition coefficient (Wildman–Crippen LogP) is 1.91. The maximum absolute atomic E-state index is 12.8. The van der Waals surface area contributed by atoms with Crippen LogP contribution in [-0.2, 0) is 6.42 Å². The SMILES string of the molecule is Cc1cccc(CCN2CC[C@@]3(O)CCN(C(=O)N4CCCC4)C[C@H]3C2)n1. The third-order valence-electron chi connectivity index (χ3n) is 6.63. The van der Waals surface area contributed by atoms with E-state index in [1.54, 1.807) is 0 Å². The fourth-order valence-electron chi connectivity index (χ4n) is 4.87. The normalized spacial score (nSPS) is 29.0. The number of carbonyl (C=O) groups is 1. The monoisotopic (exact) mass is 372 g/mol. The lowest BCUT2D eigenvalue weighted by Gasteiger charge is -2.50. The van der Waals surface area contributed by atoms with E-state index in [-0.39, 0.29) is 11.9 Å². The van der Waals surface area contributed by atoms with Crippen LogP contribution in [-0.4, -0.2) is 82.2 Å². The van der Waals surface area contributed by atoms with Gasteiger partial charge in [-0.2, -0.15) is 0 Å². The van der Waals surface area contributed by atoms with E-state index >= 15 is 0 Å². The van der Waals surface area contributed by atoms with Gasteiger partial charge in [0.15, 0.2) is 0 Å². The summed E-state index contributed by atoms with van der Waals surface area (Å²) in [7, 11) is 0. The third-order valence-corrected chi connectivity index (χ3v) is 6.63. The number of piperidine rings is 2. The van der Waals surface area contributed by atoms with Crippen molar-refractivity contribution in [3.63, 3.8) is 0 Å². The minimum atomic E-state index is -0.597. The number of pyridine rings is 1. The molecule has 2 amide bonds. The van der Waals surface area contributed by atoms with E-state index in [4.69, 9.17) is 0 Å². The fourth-order valence-corrected chi connectivity index (χ4v) is 4.87. The lowest BCUT2D eigenvalue weighted by atomic mass is 9.75. The van der Waals surface area contributed by atoms with Crippen LogP contribution in [0.4, 0.5) is 4.79 Å². The summed E-state index contributed by atoms with van der Waals surface area (Å²) in [6.45, 7) is 7.94. The first-order valence-electron chi connectivity index (χ1n) is 10.4. The van der Waals surface area contributed by atoms with Crippen LogP contribution in [0.2, 0.25) is 0 Å². The van der Waals surface area contributed by atoms with E-state index in [0.717, 1.165) is 69.8 Å². The van der Waals surface area contributed by atoms with Crippen LogP contribution in [0.5, 0.6) is 0 Å². The number of fused-ring (bicyclic) bond motifs is 1. The lowest BCUT2D eigenvalue weighted by Crippen LogP contribution is -2.61. The molecule has 4 heterocycles. The average Bonchev–Trinajstić information content (AvgIpc) is 3.20. The molecule has 2 atom stereocenters. The van der Waals surface area contributed by atoms with Crippen molar-refractivity contribution in [2.24, 2.45) is 5.92 Å². The smallest absolute Gasteiger partial charge is 0.320 e. The Morgan fingerprint density at radius 2 is 1.93 bits per heavy atom. The average molecular weight is 373 g/mol. The van der Waals surface area contributed by atoms with Crippen molar-refractivity contribution < 1.29 is 9.90 Å². The highest BCUT2D eigenvalue weighted by atomic mass is 16.3. The molecule has 0 aliphatic carbocycles. The first kappa shape index (κ1) is 18.7. The summed E-state index contributed by atoms with van der Waals surface area (Å²) in [6, 6.07) is 6.36. The van der Waals surface area contributed by atoms with Crippen LogP contribution in [0.1, 0.15) is 37.1 Å². The second-order valence-electron chi connectivity index (χ2n) is 8.54. The van der Waals surface area contributed by atoms with Gasteiger partial charge in [0.25, 0.3) is 0 Å². The third kappa shape index (κ3) is 4.11. The van der Waals surface area contributed by atoms with Crippen molar-refractivity contribution in [3.8, 4) is 0 Å². The van der Waals surface area contributed by atoms with E-state index in [0.29, 0.717) is 19.5 Å². The van der Waals surface area contributed by atoms with Crippen LogP contribution >= 0.6 is 0 Å². The van der Waals surface area contributed by atoms with Crippen molar-refractivity contribution in [2.45, 2.75) is 44.6 Å². The van der Waals surface area contributed by atoms with Gasteiger partial charge in [-0.15, -0.1) is 0 Å². The molecule has 1 aromatic rings. The van der Waals surface area contributed by atoms with Crippen LogP contribution in [0.3, 0.4) is 0 Å². The molecule has 1 aromatic heterocycles. The Bertz CT molecular complexity index is 676. The second-order valence-corrected chi connectivity index (χ2v) is 8.54. The summed E-state index contributed by atoms with van der Waals surface area (Å²) in [5.41, 5.74) is 1.59. The molecule has 3 saturated heterocycles. The summed E-state index contributed by atoms with van der Waals surface area (Å²) in [4.78, 5) is 23.7. The van der Waals surface area contributed by atoms with Crippen molar-refractivity contribution in [2.75, 3.05) is 45.8 Å². The van der Waals surface area contributed by atoms with Crippen molar-refractivity contribution >= 4 is 6.03 Å². The van der Waals surface area contributed by atoms with Gasteiger partial charge >= 0.3 is 6.03 Å². The standard InChI is InChI=1S/C21H32N4O2/c1-17-5-4-6-19(22-17)7-12-23-13-8-21(27)9-14-25(16-18(21)15-23)20(26)24-10-2-3-11-24/h4-6,18,27H,2-3,7-16H2,1H3/t18-,21-/m1/s1. The molecule has 1 N–H and O–H groups in total. The number of rotatable bonds is 3. The number of hydrogen-bond donors (Lipinski definition) is 1. The molecule has 3 aliphatic heterocycles. The van der Waals surface area contributed by atoms with Gasteiger partial charge in [-0.25, -0.2) is 4.79 Å². The minimum absolute atomic E-state index is 0.150. The molecule has 0 aromatic carbocycles. The van der Waals surface area contributed by atoms with Crippen molar-refractivity contribution in [1.29, 1.82) is 0 Å². The molecule has 148 valence electrons. The summed E-state index contributed by atoms with van der Waals surface area (Å²) in [6.07, 6.45) is 4.69. The highest BCUT2D eigenvalue weighted by molar-refractivity contribution is 5.74. The minimum Gasteiger partial charge on any atom is -0.389 e. The van der Waals surface area contributed by atoms with E-state index < -0.39 is 5.60 Å². The molecule has 0 unspecified atom stereocenters. The van der Waals surface area contributed by atoms with Gasteiger partial charge in [-0.3, -0.25) is 4.98 Å². The Hall–Kier alpha value is -1.66. The van der Waals surface area contributed by atoms with Crippen molar-refractivity contribution in [3.05, 3.63) is 29.6 Å². The molecular formula is C21H32N4O2. The van der Waals surface area contributed by atoms with Crippen LogP contribution < -0.4 is 0 Å². The largest absolute Gasteiger partial charge is 0.389 e. The summed E-state index contributed by atoms with van der Waals surface area (Å²) in [5.74, 6) is 0.150. The zero-order valence-electron chi connectivity index (χ0n) is 16.4. The van der Waals surface area contributed by atoms with Gasteiger partial charge in [-0.05, 0) is 44.7 Å². The number of nitrogens with zero attached hydrogens (tertiary/aromatic N) is 4. The first-order chi connectivity index (χ1) is 13.0. The van der Waals surface area contributed by atoms with Crippen LogP contribution in [0.25, 0.3) is 0 Å². The molecule has 0 saturated carbocycles. The van der Waals surface area contributed by atoms with E-state index in [2.05, 4.69) is 22.0 Å². The van der Waals surface area contributed by atoms with E-state index in [1.165, 1.54) is 0 Å². The summed E-state index contributed by atoms with van der Waals surface area (Å²) < 4.78 is 0. The van der Waals surface area contributed by atoms with Crippen LogP contribution in [0, 0.1) is 12.8 Å². The molecule has 6 heteroatoms. The highest BCUT2D eigenvalue weighted by Gasteiger charge is 2.46. The number of urea groups is 1. The van der Waals surface area contributed by atoms with E-state index in [1.807, 2.05) is 22.8 Å². The molecule has 3 fully saturated rings. The first-order valence-corrected chi connectivity index (χ1v) is 10.4. The maximum atomic E-state index is 12.8. The van der Waals surface area contributed by atoms with E-state index in [9.17, 15) is 9.90 Å². The van der Waals surface area contributed by atoms with Gasteiger partial charge in [0, 0.05) is 69.5 Å². The Morgan fingerprint density at radius 1 is 1.15 bits per heavy atom. The number of aryl methyl sites for hydroxylation is 1. The number of aliphatic hydroxyl groups is 1. The molecular weight excluding hydrogens is 340 g/mol. The molecule has 3 aliphatic rings. The van der Waals surface area contributed by atoms with Crippen molar-refractivity contribution in [1.82, 2.24) is 19.7 Å². The van der Waals surface area contributed by atoms with Gasteiger partial charge in [0.05, 0.1) is 5.60 Å². The molecule has 6 nitrogen and oxygen atoms in total. The molecule has 0 bridgehead atoms. The zero-order valence-corrected chi connectivity index (χ0v) is 16.4. The lowest BCUT2D eigenvalue weighted by molar-refractivity contribution is -0.107. The number of amides is 2. The fraction of sp³-hybridized carbons (Fsp3) is 0.714. The number of carbonyl (C=O) groups excluding carboxylic acids is 1. The van der Waals surface area contributed by atoms with Gasteiger partial charge in [0.1, 0.15) is 0 Å². The van der Waals surface area contributed by atoms with Gasteiger partial charge < -0.3 is 19.8 Å².